The Hall–Kier alpha value is -1.92. The molecule has 6 heteroatoms. The summed E-state index contributed by atoms with van der Waals surface area (Å²) < 4.78 is 26.8. The first-order chi connectivity index (χ1) is 9.65. The van der Waals surface area contributed by atoms with Crippen LogP contribution in [0.1, 0.15) is 5.56 Å². The van der Waals surface area contributed by atoms with Gasteiger partial charge in [-0.25, -0.2) is 18.1 Å². The quantitative estimate of drug-likeness (QED) is 0.892. The maximum atomic E-state index is 12.1. The molecule has 0 saturated carbocycles. The fraction of sp³-hybridized carbons (Fsp3) is 0.214. The standard InChI is InChI=1S/C14H15N3O2S/c18-20(19,13-6-2-1-3-7-13)16-10-12-9-11-5-4-8-15-14(11)17-12/h1-8,12,16H,9-10H2,(H,15,17)/t12-/m0/s1. The van der Waals surface area contributed by atoms with E-state index in [1.165, 1.54) is 0 Å². The first-order valence-corrected chi connectivity index (χ1v) is 7.88. The van der Waals surface area contributed by atoms with Crippen LogP contribution in [0.2, 0.25) is 0 Å². The summed E-state index contributed by atoms with van der Waals surface area (Å²) in [6.07, 6.45) is 2.50. The molecule has 5 nitrogen and oxygen atoms in total. The minimum Gasteiger partial charge on any atom is -0.365 e. The number of rotatable bonds is 4. The van der Waals surface area contributed by atoms with E-state index in [4.69, 9.17) is 0 Å². The van der Waals surface area contributed by atoms with Crippen molar-refractivity contribution in [1.82, 2.24) is 9.71 Å². The molecule has 3 rings (SSSR count). The number of anilines is 1. The second-order valence-electron chi connectivity index (χ2n) is 4.72. The zero-order chi connectivity index (χ0) is 14.0. The molecule has 0 spiro atoms. The Morgan fingerprint density at radius 3 is 2.75 bits per heavy atom. The molecule has 0 bridgehead atoms. The fourth-order valence-corrected chi connectivity index (χ4v) is 3.36. The summed E-state index contributed by atoms with van der Waals surface area (Å²) in [5.41, 5.74) is 1.12. The summed E-state index contributed by atoms with van der Waals surface area (Å²) >= 11 is 0. The summed E-state index contributed by atoms with van der Waals surface area (Å²) in [5.74, 6) is 0.844. The lowest BCUT2D eigenvalue weighted by molar-refractivity contribution is 0.575. The van der Waals surface area contributed by atoms with E-state index in [1.54, 1.807) is 36.5 Å². The molecule has 1 aliphatic heterocycles. The molecular formula is C14H15N3O2S. The Bertz CT molecular complexity index is 676. The predicted molar refractivity (Wildman–Crippen MR) is 77.0 cm³/mol. The number of benzene rings is 1. The molecule has 2 heterocycles. The zero-order valence-corrected chi connectivity index (χ0v) is 11.6. The van der Waals surface area contributed by atoms with Crippen molar-refractivity contribution < 1.29 is 8.42 Å². The van der Waals surface area contributed by atoms with Gasteiger partial charge < -0.3 is 5.32 Å². The molecule has 1 aliphatic rings. The van der Waals surface area contributed by atoms with E-state index in [2.05, 4.69) is 15.0 Å². The number of hydrogen-bond donors (Lipinski definition) is 2. The fourth-order valence-electron chi connectivity index (χ4n) is 2.26. The molecule has 20 heavy (non-hydrogen) atoms. The maximum Gasteiger partial charge on any atom is 0.240 e. The Morgan fingerprint density at radius 1 is 1.20 bits per heavy atom. The Kier molecular flexibility index (Phi) is 3.42. The van der Waals surface area contributed by atoms with Crippen LogP contribution in [0.5, 0.6) is 0 Å². The van der Waals surface area contributed by atoms with Crippen molar-refractivity contribution in [3.63, 3.8) is 0 Å². The zero-order valence-electron chi connectivity index (χ0n) is 10.8. The molecular weight excluding hydrogens is 274 g/mol. The predicted octanol–water partition coefficient (Wildman–Crippen LogP) is 1.40. The number of pyridine rings is 1. The van der Waals surface area contributed by atoms with Crippen LogP contribution in [0.25, 0.3) is 0 Å². The monoisotopic (exact) mass is 289 g/mol. The van der Waals surface area contributed by atoms with Gasteiger partial charge in [-0.3, -0.25) is 0 Å². The number of nitrogens with one attached hydrogen (secondary N) is 2. The third kappa shape index (κ3) is 2.66. The molecule has 2 aromatic rings. The third-order valence-electron chi connectivity index (χ3n) is 3.27. The van der Waals surface area contributed by atoms with Gasteiger partial charge in [-0.15, -0.1) is 0 Å². The van der Waals surface area contributed by atoms with Gasteiger partial charge in [-0.1, -0.05) is 24.3 Å². The van der Waals surface area contributed by atoms with Crippen LogP contribution >= 0.6 is 0 Å². The van der Waals surface area contributed by atoms with Crippen LogP contribution in [0.3, 0.4) is 0 Å². The highest BCUT2D eigenvalue weighted by molar-refractivity contribution is 7.89. The van der Waals surface area contributed by atoms with E-state index < -0.39 is 10.0 Å². The SMILES string of the molecule is O=S(=O)(NC[C@@H]1Cc2cccnc2N1)c1ccccc1. The summed E-state index contributed by atoms with van der Waals surface area (Å²) in [7, 11) is -3.45. The Morgan fingerprint density at radius 2 is 2.00 bits per heavy atom. The number of nitrogens with zero attached hydrogens (tertiary/aromatic N) is 1. The minimum atomic E-state index is -3.45. The van der Waals surface area contributed by atoms with Crippen LogP contribution in [0.4, 0.5) is 5.82 Å². The topological polar surface area (TPSA) is 71.1 Å². The first kappa shape index (κ1) is 13.1. The number of sulfonamides is 1. The Balaban J connectivity index is 1.64. The largest absolute Gasteiger partial charge is 0.365 e. The third-order valence-corrected chi connectivity index (χ3v) is 4.71. The van der Waals surface area contributed by atoms with Crippen LogP contribution in [0, 0.1) is 0 Å². The summed E-state index contributed by atoms with van der Waals surface area (Å²) in [5, 5.41) is 3.22. The highest BCUT2D eigenvalue weighted by Crippen LogP contribution is 2.22. The second-order valence-corrected chi connectivity index (χ2v) is 6.49. The first-order valence-electron chi connectivity index (χ1n) is 6.40. The molecule has 0 saturated heterocycles. The molecule has 104 valence electrons. The molecule has 1 aromatic carbocycles. The summed E-state index contributed by atoms with van der Waals surface area (Å²) in [4.78, 5) is 4.51. The highest BCUT2D eigenvalue weighted by Gasteiger charge is 2.23. The summed E-state index contributed by atoms with van der Waals surface area (Å²) in [6, 6.07) is 12.3. The molecule has 1 aromatic heterocycles. The van der Waals surface area contributed by atoms with Gasteiger partial charge in [0.05, 0.1) is 4.90 Å². The van der Waals surface area contributed by atoms with E-state index in [-0.39, 0.29) is 10.9 Å². The van der Waals surface area contributed by atoms with Crippen molar-refractivity contribution in [3.8, 4) is 0 Å². The van der Waals surface area contributed by atoms with Crippen molar-refractivity contribution >= 4 is 15.8 Å². The van der Waals surface area contributed by atoms with Gasteiger partial charge in [0.15, 0.2) is 0 Å². The van der Waals surface area contributed by atoms with Crippen LogP contribution in [-0.4, -0.2) is 26.0 Å². The smallest absolute Gasteiger partial charge is 0.240 e. The lowest BCUT2D eigenvalue weighted by Crippen LogP contribution is -2.35. The van der Waals surface area contributed by atoms with Crippen molar-refractivity contribution in [2.45, 2.75) is 17.4 Å². The number of hydrogen-bond acceptors (Lipinski definition) is 4. The maximum absolute atomic E-state index is 12.1. The molecule has 0 aliphatic carbocycles. The van der Waals surface area contributed by atoms with Gasteiger partial charge in [0, 0.05) is 18.8 Å². The van der Waals surface area contributed by atoms with Gasteiger partial charge in [0.2, 0.25) is 10.0 Å². The van der Waals surface area contributed by atoms with Gasteiger partial charge in [-0.2, -0.15) is 0 Å². The van der Waals surface area contributed by atoms with E-state index >= 15 is 0 Å². The molecule has 0 amide bonds. The van der Waals surface area contributed by atoms with Crippen molar-refractivity contribution in [2.75, 3.05) is 11.9 Å². The summed E-state index contributed by atoms with van der Waals surface area (Å²) in [6.45, 7) is 0.341. The van der Waals surface area contributed by atoms with Crippen molar-refractivity contribution in [1.29, 1.82) is 0 Å². The van der Waals surface area contributed by atoms with E-state index in [1.807, 2.05) is 12.1 Å². The minimum absolute atomic E-state index is 0.0402. The van der Waals surface area contributed by atoms with Gasteiger partial charge in [0.25, 0.3) is 0 Å². The lowest BCUT2D eigenvalue weighted by atomic mass is 10.1. The number of aromatic nitrogens is 1. The molecule has 2 N–H and O–H groups in total. The van der Waals surface area contributed by atoms with Gasteiger partial charge in [0.1, 0.15) is 5.82 Å². The average molecular weight is 289 g/mol. The normalized spacial score (nSPS) is 17.5. The second kappa shape index (κ2) is 5.22. The van der Waals surface area contributed by atoms with Gasteiger partial charge in [-0.05, 0) is 30.2 Å². The number of fused-ring (bicyclic) bond motifs is 1. The van der Waals surface area contributed by atoms with Crippen molar-refractivity contribution in [2.24, 2.45) is 0 Å². The molecule has 1 atom stereocenters. The lowest BCUT2D eigenvalue weighted by Gasteiger charge is -2.12. The van der Waals surface area contributed by atoms with E-state index in [9.17, 15) is 8.42 Å². The molecule has 0 fully saturated rings. The van der Waals surface area contributed by atoms with Crippen LogP contribution < -0.4 is 10.0 Å². The van der Waals surface area contributed by atoms with Crippen LogP contribution in [-0.2, 0) is 16.4 Å². The van der Waals surface area contributed by atoms with E-state index in [0.717, 1.165) is 17.8 Å². The highest BCUT2D eigenvalue weighted by atomic mass is 32.2. The molecule has 0 unspecified atom stereocenters. The average Bonchev–Trinajstić information content (AvgIpc) is 2.89. The Labute approximate surface area is 118 Å². The van der Waals surface area contributed by atoms with E-state index in [0.29, 0.717) is 6.54 Å². The van der Waals surface area contributed by atoms with Gasteiger partial charge >= 0.3 is 0 Å². The van der Waals surface area contributed by atoms with Crippen molar-refractivity contribution in [3.05, 3.63) is 54.2 Å². The van der Waals surface area contributed by atoms with Crippen LogP contribution in [0.15, 0.2) is 53.6 Å². The molecule has 0 radical (unpaired) electrons.